The summed E-state index contributed by atoms with van der Waals surface area (Å²) in [7, 11) is 0. The molecule has 7 rings (SSSR count). The molecule has 0 aliphatic rings. The Morgan fingerprint density at radius 3 is 1.72 bits per heavy atom. The summed E-state index contributed by atoms with van der Waals surface area (Å²) >= 11 is 0. The normalized spacial score (nSPS) is 14.0. The molecule has 5 atom stereocenters. The molecule has 5 nitrogen and oxygen atoms in total. The molecule has 0 saturated heterocycles. The second kappa shape index (κ2) is 22.7. The first kappa shape index (κ1) is 46.2. The van der Waals surface area contributed by atoms with Gasteiger partial charge in [-0.05, 0) is 173 Å². The zero-order chi connectivity index (χ0) is 44.8. The van der Waals surface area contributed by atoms with Crippen LogP contribution in [0.4, 0.5) is 0 Å². The Kier molecular flexibility index (Phi) is 16.4. The van der Waals surface area contributed by atoms with Crippen LogP contribution in [0.3, 0.4) is 0 Å². The Balaban J connectivity index is 0.968. The predicted octanol–water partition coefficient (Wildman–Crippen LogP) is 15.8. The third-order valence-corrected chi connectivity index (χ3v) is 13.5. The molecule has 0 aromatic heterocycles. The van der Waals surface area contributed by atoms with E-state index in [9.17, 15) is 10.2 Å². The van der Waals surface area contributed by atoms with Gasteiger partial charge < -0.3 is 24.4 Å². The summed E-state index contributed by atoms with van der Waals surface area (Å²) in [5.74, 6) is 4.10. The van der Waals surface area contributed by atoms with Crippen LogP contribution in [-0.4, -0.2) is 29.7 Å². The van der Waals surface area contributed by atoms with E-state index in [0.717, 1.165) is 68.4 Å². The first-order valence-corrected chi connectivity index (χ1v) is 23.8. The Hall–Kier alpha value is -5.78. The number of fused-ring (bicyclic) bond motifs is 2. The third-order valence-electron chi connectivity index (χ3n) is 13.5. The summed E-state index contributed by atoms with van der Waals surface area (Å²) in [6.07, 6.45) is 9.09. The van der Waals surface area contributed by atoms with Crippen molar-refractivity contribution in [2.75, 3.05) is 13.2 Å². The third kappa shape index (κ3) is 12.3. The monoisotopic (exact) mass is 857 g/mol. The lowest BCUT2D eigenvalue weighted by molar-refractivity contribution is -0.0739. The lowest BCUT2D eigenvalue weighted by atomic mass is 9.84. The van der Waals surface area contributed by atoms with Crippen molar-refractivity contribution in [3.05, 3.63) is 179 Å². The molecule has 0 saturated carbocycles. The van der Waals surface area contributed by atoms with Crippen molar-refractivity contribution >= 4 is 21.5 Å². The van der Waals surface area contributed by atoms with E-state index in [1.54, 1.807) is 0 Å². The molecule has 0 aliphatic heterocycles. The average Bonchev–Trinajstić information content (AvgIpc) is 3.32. The topological polar surface area (TPSA) is 68.2 Å². The van der Waals surface area contributed by atoms with Crippen molar-refractivity contribution in [2.24, 2.45) is 0 Å². The molecule has 0 amide bonds. The minimum atomic E-state index is -0.378. The van der Waals surface area contributed by atoms with E-state index in [1.165, 1.54) is 49.4 Å². The molecule has 0 fully saturated rings. The number of hydrogen-bond donors (Lipinski definition) is 2. The van der Waals surface area contributed by atoms with Crippen LogP contribution < -0.4 is 9.47 Å². The molecule has 5 unspecified atom stereocenters. The van der Waals surface area contributed by atoms with Gasteiger partial charge in [-0.2, -0.15) is 0 Å². The number of phenolic OH excluding ortho intramolecular Hbond substituents is 2. The number of aromatic hydroxyl groups is 2. The van der Waals surface area contributed by atoms with Gasteiger partial charge >= 0.3 is 0 Å². The number of phenols is 2. The van der Waals surface area contributed by atoms with Crippen LogP contribution >= 0.6 is 0 Å². The van der Waals surface area contributed by atoms with Gasteiger partial charge in [0.2, 0.25) is 0 Å². The van der Waals surface area contributed by atoms with Crippen LogP contribution in [0.15, 0.2) is 146 Å². The minimum absolute atomic E-state index is 0.317. The minimum Gasteiger partial charge on any atom is -0.508 e. The van der Waals surface area contributed by atoms with E-state index in [1.807, 2.05) is 37.3 Å². The Morgan fingerprint density at radius 1 is 0.500 bits per heavy atom. The fourth-order valence-electron chi connectivity index (χ4n) is 9.37. The van der Waals surface area contributed by atoms with Gasteiger partial charge in [0.15, 0.2) is 6.29 Å². The maximum absolute atomic E-state index is 11.2. The molecular weight excluding hydrogens is 789 g/mol. The van der Waals surface area contributed by atoms with E-state index in [0.29, 0.717) is 54.8 Å². The van der Waals surface area contributed by atoms with Crippen molar-refractivity contribution in [2.45, 2.75) is 122 Å². The molecule has 0 spiro atoms. The van der Waals surface area contributed by atoms with E-state index in [-0.39, 0.29) is 6.29 Å². The lowest BCUT2D eigenvalue weighted by Gasteiger charge is -2.22. The van der Waals surface area contributed by atoms with E-state index < -0.39 is 0 Å². The number of benzene rings is 7. The first-order valence-electron chi connectivity index (χ1n) is 23.8. The van der Waals surface area contributed by atoms with Crippen molar-refractivity contribution < 1.29 is 24.4 Å². The molecule has 64 heavy (non-hydrogen) atoms. The standard InChI is InChI=1S/C59H68O5/c1-6-41(3)45-24-33-55(34-25-45)64-43(5)62-36-37-63-54-31-26-48(27-32-54)46(19-13-17-44(7-2)47-22-29-53(60)30-23-47)18-12-14-42(4)49-28-35-59(61)52(38-49)40-58-56-20-10-8-15-50(56)39-51-16-9-11-21-57(51)58/h8-11,15-16,20-35,38-39,41-44,46,60-61H,6-7,12-14,17-19,36-37,40H2,1-5H3. The quantitative estimate of drug-likeness (QED) is 0.0381. The van der Waals surface area contributed by atoms with Gasteiger partial charge in [-0.3, -0.25) is 0 Å². The highest BCUT2D eigenvalue weighted by molar-refractivity contribution is 6.02. The Labute approximate surface area is 382 Å². The molecule has 0 bridgehead atoms. The zero-order valence-corrected chi connectivity index (χ0v) is 38.6. The highest BCUT2D eigenvalue weighted by Crippen LogP contribution is 2.37. The van der Waals surface area contributed by atoms with Gasteiger partial charge in [0.1, 0.15) is 29.6 Å². The maximum Gasteiger partial charge on any atom is 0.197 e. The van der Waals surface area contributed by atoms with Crippen LogP contribution in [0, 0.1) is 0 Å². The summed E-state index contributed by atoms with van der Waals surface area (Å²) in [5.41, 5.74) is 7.48. The van der Waals surface area contributed by atoms with Crippen molar-refractivity contribution in [3.63, 3.8) is 0 Å². The molecule has 7 aromatic rings. The number of hydrogen-bond acceptors (Lipinski definition) is 5. The highest BCUT2D eigenvalue weighted by Gasteiger charge is 2.18. The van der Waals surface area contributed by atoms with Gasteiger partial charge in [0.05, 0.1) is 6.61 Å². The van der Waals surface area contributed by atoms with Gasteiger partial charge in [0.25, 0.3) is 0 Å². The summed E-state index contributed by atoms with van der Waals surface area (Å²) in [4.78, 5) is 0. The second-order valence-corrected chi connectivity index (χ2v) is 17.9. The highest BCUT2D eigenvalue weighted by atomic mass is 16.7. The van der Waals surface area contributed by atoms with E-state index in [2.05, 4.69) is 143 Å². The predicted molar refractivity (Wildman–Crippen MR) is 265 cm³/mol. The molecule has 0 radical (unpaired) electrons. The Morgan fingerprint density at radius 2 is 1.06 bits per heavy atom. The molecule has 7 aromatic carbocycles. The van der Waals surface area contributed by atoms with Crippen molar-refractivity contribution in [1.29, 1.82) is 0 Å². The largest absolute Gasteiger partial charge is 0.508 e. The fraction of sp³-hybridized carbons (Fsp3) is 0.356. The number of rotatable bonds is 23. The zero-order valence-electron chi connectivity index (χ0n) is 38.6. The van der Waals surface area contributed by atoms with Gasteiger partial charge in [-0.1, -0.05) is 138 Å². The summed E-state index contributed by atoms with van der Waals surface area (Å²) in [6.45, 7) is 11.8. The van der Waals surface area contributed by atoms with E-state index >= 15 is 0 Å². The molecule has 334 valence electrons. The van der Waals surface area contributed by atoms with E-state index in [4.69, 9.17) is 14.2 Å². The lowest BCUT2D eigenvalue weighted by Crippen LogP contribution is -2.19. The molecular formula is C59H68O5. The Bertz CT molecular complexity index is 2450. The fourth-order valence-corrected chi connectivity index (χ4v) is 9.37. The number of ether oxygens (including phenoxy) is 3. The average molecular weight is 857 g/mol. The second-order valence-electron chi connectivity index (χ2n) is 17.9. The first-order chi connectivity index (χ1) is 31.2. The summed E-state index contributed by atoms with van der Waals surface area (Å²) in [5, 5.41) is 26.0. The van der Waals surface area contributed by atoms with Gasteiger partial charge in [-0.15, -0.1) is 0 Å². The summed E-state index contributed by atoms with van der Waals surface area (Å²) in [6, 6.07) is 50.5. The van der Waals surface area contributed by atoms with Crippen LogP contribution in [-0.2, 0) is 11.2 Å². The summed E-state index contributed by atoms with van der Waals surface area (Å²) < 4.78 is 18.0. The van der Waals surface area contributed by atoms with Crippen molar-refractivity contribution in [1.82, 2.24) is 0 Å². The molecule has 0 aliphatic carbocycles. The SMILES string of the molecule is CCC(C)c1ccc(OC(C)OCCOc2ccc(C(CCCC(C)c3ccc(O)c(Cc4c5ccccc5cc5ccccc45)c3)CCCC(CC)c3ccc(O)cc3)cc2)cc1. The van der Waals surface area contributed by atoms with Crippen LogP contribution in [0.5, 0.6) is 23.0 Å². The molecule has 0 heterocycles. The van der Waals surface area contributed by atoms with Crippen LogP contribution in [0.1, 0.15) is 143 Å². The smallest absolute Gasteiger partial charge is 0.197 e. The molecule has 5 heteroatoms. The van der Waals surface area contributed by atoms with Gasteiger partial charge in [-0.25, -0.2) is 0 Å². The van der Waals surface area contributed by atoms with Gasteiger partial charge in [0, 0.05) is 6.42 Å². The van der Waals surface area contributed by atoms with Crippen LogP contribution in [0.2, 0.25) is 0 Å². The molecule has 2 N–H and O–H groups in total. The van der Waals surface area contributed by atoms with Crippen molar-refractivity contribution in [3.8, 4) is 23.0 Å². The maximum atomic E-state index is 11.2. The van der Waals surface area contributed by atoms with Crippen LogP contribution in [0.25, 0.3) is 21.5 Å².